The molecule has 1 aliphatic carbocycles. The van der Waals surface area contributed by atoms with Crippen LogP contribution in [0.25, 0.3) is 0 Å². The summed E-state index contributed by atoms with van der Waals surface area (Å²) in [6.45, 7) is 0.394. The molecule has 2 aliphatic rings. The molecule has 1 spiro atoms. The summed E-state index contributed by atoms with van der Waals surface area (Å²) in [5, 5.41) is 0. The van der Waals surface area contributed by atoms with Crippen molar-refractivity contribution in [2.24, 2.45) is 5.73 Å². The molecule has 1 saturated heterocycles. The third kappa shape index (κ3) is 3.19. The van der Waals surface area contributed by atoms with Gasteiger partial charge in [0.1, 0.15) is 11.6 Å². The maximum atomic E-state index is 13.9. The molecule has 5 heteroatoms. The molecule has 3 rings (SSSR count). The Balaban J connectivity index is 1.57. The van der Waals surface area contributed by atoms with Crippen molar-refractivity contribution in [1.29, 1.82) is 0 Å². The van der Waals surface area contributed by atoms with Crippen molar-refractivity contribution < 1.29 is 13.9 Å². The molecule has 114 valence electrons. The van der Waals surface area contributed by atoms with Gasteiger partial charge in [-0.15, -0.1) is 0 Å². The second-order valence-electron chi connectivity index (χ2n) is 5.99. The second-order valence-corrected chi connectivity index (χ2v) is 6.43. The minimum atomic E-state index is -0.436. The summed E-state index contributed by atoms with van der Waals surface area (Å²) in [6, 6.07) is 4.56. The van der Waals surface area contributed by atoms with Crippen LogP contribution in [0.2, 0.25) is 0 Å². The zero-order chi connectivity index (χ0) is 14.9. The third-order valence-corrected chi connectivity index (χ3v) is 4.73. The van der Waals surface area contributed by atoms with Crippen LogP contribution in [-0.2, 0) is 4.74 Å². The van der Waals surface area contributed by atoms with Crippen LogP contribution in [0, 0.1) is 5.82 Å². The van der Waals surface area contributed by atoms with Gasteiger partial charge in [-0.05, 0) is 43.9 Å². The summed E-state index contributed by atoms with van der Waals surface area (Å²) in [4.78, 5) is 0.183. The number of hydrogen-bond acceptors (Lipinski definition) is 3. The van der Waals surface area contributed by atoms with E-state index in [1.165, 1.54) is 18.9 Å². The van der Waals surface area contributed by atoms with E-state index in [2.05, 4.69) is 0 Å². The highest BCUT2D eigenvalue weighted by Crippen LogP contribution is 2.43. The Morgan fingerprint density at radius 3 is 2.81 bits per heavy atom. The van der Waals surface area contributed by atoms with Gasteiger partial charge in [-0.3, -0.25) is 0 Å². The van der Waals surface area contributed by atoms with Gasteiger partial charge in [0.05, 0.1) is 11.7 Å². The van der Waals surface area contributed by atoms with E-state index in [-0.39, 0.29) is 22.4 Å². The van der Waals surface area contributed by atoms with Gasteiger partial charge < -0.3 is 15.2 Å². The molecular weight excluding hydrogens is 289 g/mol. The molecule has 1 unspecified atom stereocenters. The van der Waals surface area contributed by atoms with E-state index in [0.29, 0.717) is 12.2 Å². The fourth-order valence-electron chi connectivity index (χ4n) is 3.35. The predicted molar refractivity (Wildman–Crippen MR) is 83.1 cm³/mol. The molecule has 1 aromatic carbocycles. The molecule has 1 heterocycles. The first-order valence-electron chi connectivity index (χ1n) is 7.48. The van der Waals surface area contributed by atoms with Crippen LogP contribution in [0.1, 0.15) is 44.1 Å². The lowest BCUT2D eigenvalue weighted by Crippen LogP contribution is -2.27. The number of thiocarbonyl (C=S) groups is 1. The Kier molecular flexibility index (Phi) is 4.13. The van der Waals surface area contributed by atoms with Crippen LogP contribution in [0.3, 0.4) is 0 Å². The van der Waals surface area contributed by atoms with Crippen molar-refractivity contribution in [2.75, 3.05) is 6.61 Å². The van der Waals surface area contributed by atoms with E-state index in [9.17, 15) is 4.39 Å². The highest BCUT2D eigenvalue weighted by molar-refractivity contribution is 7.80. The molecule has 0 radical (unpaired) electrons. The average molecular weight is 309 g/mol. The van der Waals surface area contributed by atoms with Crippen molar-refractivity contribution in [1.82, 2.24) is 0 Å². The normalized spacial score (nSPS) is 23.6. The van der Waals surface area contributed by atoms with Gasteiger partial charge in [0.2, 0.25) is 0 Å². The SMILES string of the molecule is NC(=S)c1ccc(OCC2CCC3(CCCC3)O2)c(F)c1. The van der Waals surface area contributed by atoms with E-state index < -0.39 is 5.82 Å². The summed E-state index contributed by atoms with van der Waals surface area (Å²) in [5.74, 6) is -0.208. The molecule has 1 atom stereocenters. The van der Waals surface area contributed by atoms with Crippen LogP contribution in [0.15, 0.2) is 18.2 Å². The van der Waals surface area contributed by atoms with Gasteiger partial charge in [0, 0.05) is 5.56 Å². The molecule has 1 saturated carbocycles. The Morgan fingerprint density at radius 1 is 1.38 bits per heavy atom. The molecule has 1 aromatic rings. The largest absolute Gasteiger partial charge is 0.488 e. The molecule has 1 aliphatic heterocycles. The van der Waals surface area contributed by atoms with Gasteiger partial charge in [-0.25, -0.2) is 4.39 Å². The average Bonchev–Trinajstić information content (AvgIpc) is 3.08. The first kappa shape index (κ1) is 14.7. The van der Waals surface area contributed by atoms with Gasteiger partial charge in [0.15, 0.2) is 11.6 Å². The minimum absolute atomic E-state index is 0.0674. The quantitative estimate of drug-likeness (QED) is 0.867. The van der Waals surface area contributed by atoms with Crippen LogP contribution in [0.4, 0.5) is 4.39 Å². The molecular formula is C16H20FNO2S. The Bertz CT molecular complexity index is 543. The topological polar surface area (TPSA) is 44.5 Å². The van der Waals surface area contributed by atoms with Crippen LogP contribution in [0.5, 0.6) is 5.75 Å². The first-order chi connectivity index (χ1) is 10.1. The molecule has 3 nitrogen and oxygen atoms in total. The lowest BCUT2D eigenvalue weighted by molar-refractivity contribution is -0.0512. The number of rotatable bonds is 4. The second kappa shape index (κ2) is 5.89. The van der Waals surface area contributed by atoms with Crippen LogP contribution in [-0.4, -0.2) is 23.3 Å². The van der Waals surface area contributed by atoms with Crippen LogP contribution < -0.4 is 10.5 Å². The number of hydrogen-bond donors (Lipinski definition) is 1. The predicted octanol–water partition coefficient (Wildman–Crippen LogP) is 3.33. The summed E-state index contributed by atoms with van der Waals surface area (Å²) in [5.41, 5.74) is 6.07. The fraction of sp³-hybridized carbons (Fsp3) is 0.562. The minimum Gasteiger partial charge on any atom is -0.488 e. The molecule has 0 bridgehead atoms. The van der Waals surface area contributed by atoms with E-state index in [0.717, 1.165) is 25.7 Å². The number of benzene rings is 1. The Hall–Kier alpha value is -1.20. The van der Waals surface area contributed by atoms with Crippen molar-refractivity contribution in [3.8, 4) is 5.75 Å². The lowest BCUT2D eigenvalue weighted by atomic mass is 9.98. The number of nitrogens with two attached hydrogens (primary N) is 1. The first-order valence-corrected chi connectivity index (χ1v) is 7.89. The Labute approximate surface area is 129 Å². The van der Waals surface area contributed by atoms with E-state index in [4.69, 9.17) is 27.4 Å². The smallest absolute Gasteiger partial charge is 0.165 e. The van der Waals surface area contributed by atoms with Gasteiger partial charge in [-0.2, -0.15) is 0 Å². The van der Waals surface area contributed by atoms with Crippen molar-refractivity contribution in [3.05, 3.63) is 29.6 Å². The molecule has 2 fully saturated rings. The zero-order valence-electron chi connectivity index (χ0n) is 11.9. The highest BCUT2D eigenvalue weighted by atomic mass is 32.1. The Morgan fingerprint density at radius 2 is 2.14 bits per heavy atom. The van der Waals surface area contributed by atoms with E-state index >= 15 is 0 Å². The number of ether oxygens (including phenoxy) is 2. The number of halogens is 1. The maximum Gasteiger partial charge on any atom is 0.165 e. The van der Waals surface area contributed by atoms with Crippen LogP contribution >= 0.6 is 12.2 Å². The summed E-state index contributed by atoms with van der Waals surface area (Å²) in [6.07, 6.45) is 6.97. The highest BCUT2D eigenvalue weighted by Gasteiger charge is 2.42. The maximum absolute atomic E-state index is 13.9. The lowest BCUT2D eigenvalue weighted by Gasteiger charge is -2.23. The summed E-state index contributed by atoms with van der Waals surface area (Å²) in [7, 11) is 0. The monoisotopic (exact) mass is 309 g/mol. The summed E-state index contributed by atoms with van der Waals surface area (Å²) >= 11 is 4.83. The van der Waals surface area contributed by atoms with Gasteiger partial charge >= 0.3 is 0 Å². The van der Waals surface area contributed by atoms with Crippen molar-refractivity contribution in [2.45, 2.75) is 50.2 Å². The molecule has 21 heavy (non-hydrogen) atoms. The van der Waals surface area contributed by atoms with Crippen molar-refractivity contribution >= 4 is 17.2 Å². The van der Waals surface area contributed by atoms with E-state index in [1.807, 2.05) is 0 Å². The molecule has 2 N–H and O–H groups in total. The zero-order valence-corrected chi connectivity index (χ0v) is 12.8. The molecule has 0 amide bonds. The van der Waals surface area contributed by atoms with Gasteiger partial charge in [-0.1, -0.05) is 25.1 Å². The third-order valence-electron chi connectivity index (χ3n) is 4.49. The standard InChI is InChI=1S/C16H20FNO2S/c17-13-9-11(15(18)21)3-4-14(13)19-10-12-5-8-16(20-12)6-1-2-7-16/h3-4,9,12H,1-2,5-8,10H2,(H2,18,21). The summed E-state index contributed by atoms with van der Waals surface area (Å²) < 4.78 is 25.6. The molecule has 0 aromatic heterocycles. The fourth-order valence-corrected chi connectivity index (χ4v) is 3.48. The van der Waals surface area contributed by atoms with Crippen molar-refractivity contribution in [3.63, 3.8) is 0 Å². The van der Waals surface area contributed by atoms with Gasteiger partial charge in [0.25, 0.3) is 0 Å². The van der Waals surface area contributed by atoms with E-state index in [1.54, 1.807) is 12.1 Å².